The molecule has 0 unspecified atom stereocenters. The van der Waals surface area contributed by atoms with Gasteiger partial charge in [-0.25, -0.2) is 4.79 Å². The van der Waals surface area contributed by atoms with Crippen molar-refractivity contribution in [2.24, 2.45) is 17.8 Å². The summed E-state index contributed by atoms with van der Waals surface area (Å²) in [6.07, 6.45) is 5.52. The molecule has 3 atom stereocenters. The van der Waals surface area contributed by atoms with Crippen LogP contribution in [0.3, 0.4) is 0 Å². The Morgan fingerprint density at radius 3 is 2.43 bits per heavy atom. The third-order valence-electron chi connectivity index (χ3n) is 8.43. The second kappa shape index (κ2) is 13.8. The molecule has 1 aromatic carbocycles. The summed E-state index contributed by atoms with van der Waals surface area (Å²) in [5, 5.41) is 10.1. The largest absolute Gasteiger partial charge is 0.437 e. The van der Waals surface area contributed by atoms with Crippen LogP contribution in [0.5, 0.6) is 0 Å². The minimum absolute atomic E-state index is 0.104. The van der Waals surface area contributed by atoms with E-state index in [1.54, 1.807) is 0 Å². The van der Waals surface area contributed by atoms with Crippen molar-refractivity contribution < 1.29 is 23.5 Å². The quantitative estimate of drug-likeness (QED) is 0.366. The molecule has 2 aliphatic carbocycles. The fourth-order valence-corrected chi connectivity index (χ4v) is 5.85. The van der Waals surface area contributed by atoms with E-state index in [0.717, 1.165) is 64.1 Å². The van der Waals surface area contributed by atoms with Crippen LogP contribution >= 0.6 is 0 Å². The molecule has 228 valence electrons. The standard InChI is InChI=1S/C31H43N5O6/c1-20(2)17-26(27(37)30-34-36(31(40)42-30)19-22-7-8-22)33-29(39)24-5-3-4-6-25(24)32-28(38)23-11-9-21(10-12-23)18-35-13-15-41-16-14-35/h9-12,20,22,24-26H,3-8,13-19H2,1-2H3,(H,32,38)(H,33,39)/t24-,25+,26+/m1/s1. The van der Waals surface area contributed by atoms with Crippen molar-refractivity contribution in [3.63, 3.8) is 0 Å². The monoisotopic (exact) mass is 581 g/mol. The van der Waals surface area contributed by atoms with E-state index in [0.29, 0.717) is 37.3 Å². The maximum atomic E-state index is 13.6. The Kier molecular flexibility index (Phi) is 9.89. The molecular weight excluding hydrogens is 538 g/mol. The Labute approximate surface area is 246 Å². The van der Waals surface area contributed by atoms with Crippen molar-refractivity contribution in [2.75, 3.05) is 26.3 Å². The van der Waals surface area contributed by atoms with Crippen LogP contribution in [-0.4, -0.2) is 70.7 Å². The number of hydrogen-bond donors (Lipinski definition) is 2. The Morgan fingerprint density at radius 1 is 1.02 bits per heavy atom. The lowest BCUT2D eigenvalue weighted by Crippen LogP contribution is -2.52. The Balaban J connectivity index is 1.21. The predicted octanol–water partition coefficient (Wildman–Crippen LogP) is 2.78. The molecule has 3 fully saturated rings. The zero-order valence-electron chi connectivity index (χ0n) is 24.7. The second-order valence-electron chi connectivity index (χ2n) is 12.4. The Bertz CT molecular complexity index is 1290. The molecule has 0 radical (unpaired) electrons. The lowest BCUT2D eigenvalue weighted by Gasteiger charge is -2.32. The van der Waals surface area contributed by atoms with Crippen LogP contribution in [-0.2, 0) is 22.6 Å². The number of ether oxygens (including phenoxy) is 1. The molecule has 42 heavy (non-hydrogen) atoms. The van der Waals surface area contributed by atoms with Gasteiger partial charge in [-0.15, -0.1) is 5.10 Å². The molecule has 5 rings (SSSR count). The van der Waals surface area contributed by atoms with Crippen LogP contribution in [0.25, 0.3) is 0 Å². The first-order valence-electron chi connectivity index (χ1n) is 15.4. The number of aromatic nitrogens is 2. The van der Waals surface area contributed by atoms with E-state index in [2.05, 4.69) is 20.6 Å². The van der Waals surface area contributed by atoms with Crippen molar-refractivity contribution in [1.29, 1.82) is 0 Å². The van der Waals surface area contributed by atoms with Crippen LogP contribution in [0.2, 0.25) is 0 Å². The normalized spacial score (nSPS) is 22.1. The van der Waals surface area contributed by atoms with E-state index in [1.165, 1.54) is 4.68 Å². The zero-order chi connectivity index (χ0) is 29.6. The van der Waals surface area contributed by atoms with Crippen molar-refractivity contribution in [3.05, 3.63) is 51.8 Å². The highest BCUT2D eigenvalue weighted by Crippen LogP contribution is 2.30. The number of hydrogen-bond acceptors (Lipinski definition) is 8. The van der Waals surface area contributed by atoms with Crippen molar-refractivity contribution in [3.8, 4) is 0 Å². The summed E-state index contributed by atoms with van der Waals surface area (Å²) in [5.74, 6) is -1.88. The molecular formula is C31H43N5O6. The van der Waals surface area contributed by atoms with Crippen LogP contribution in [0.15, 0.2) is 33.5 Å². The summed E-state index contributed by atoms with van der Waals surface area (Å²) in [4.78, 5) is 54.7. The third-order valence-corrected chi connectivity index (χ3v) is 8.43. The zero-order valence-corrected chi connectivity index (χ0v) is 24.7. The molecule has 1 aromatic heterocycles. The minimum atomic E-state index is -0.873. The number of ketones is 1. The maximum absolute atomic E-state index is 13.6. The highest BCUT2D eigenvalue weighted by molar-refractivity contribution is 5.99. The number of morpholine rings is 1. The average Bonchev–Trinajstić information content (AvgIpc) is 3.73. The minimum Gasteiger partial charge on any atom is -0.384 e. The molecule has 0 spiro atoms. The molecule has 2 heterocycles. The van der Waals surface area contributed by atoms with Gasteiger partial charge in [-0.05, 0) is 61.6 Å². The average molecular weight is 582 g/mol. The fourth-order valence-electron chi connectivity index (χ4n) is 5.85. The molecule has 2 aromatic rings. The van der Waals surface area contributed by atoms with Gasteiger partial charge in [0.25, 0.3) is 11.8 Å². The first-order chi connectivity index (χ1) is 20.3. The third kappa shape index (κ3) is 7.95. The van der Waals surface area contributed by atoms with Crippen molar-refractivity contribution >= 4 is 17.6 Å². The number of nitrogens with one attached hydrogen (secondary N) is 2. The number of rotatable bonds is 12. The van der Waals surface area contributed by atoms with Gasteiger partial charge in [0.05, 0.1) is 31.7 Å². The summed E-state index contributed by atoms with van der Waals surface area (Å²) in [7, 11) is 0. The van der Waals surface area contributed by atoms with Gasteiger partial charge in [-0.3, -0.25) is 19.3 Å². The highest BCUT2D eigenvalue weighted by Gasteiger charge is 2.36. The number of carbonyl (C=O) groups excluding carboxylic acids is 3. The molecule has 1 saturated heterocycles. The highest BCUT2D eigenvalue weighted by atomic mass is 16.5. The summed E-state index contributed by atoms with van der Waals surface area (Å²) >= 11 is 0. The van der Waals surface area contributed by atoms with Crippen LogP contribution < -0.4 is 16.4 Å². The molecule has 11 heteroatoms. The molecule has 0 bridgehead atoms. The SMILES string of the molecule is CC(C)C[C@H](NC(=O)[C@@H]1CCCC[C@@H]1NC(=O)c1ccc(CN2CCOCC2)cc1)C(=O)c1nn(CC2CC2)c(=O)o1. The maximum Gasteiger partial charge on any atom is 0.437 e. The fraction of sp³-hybridized carbons (Fsp3) is 0.645. The van der Waals surface area contributed by atoms with Gasteiger partial charge in [-0.2, -0.15) is 4.68 Å². The number of benzene rings is 1. The lowest BCUT2D eigenvalue weighted by molar-refractivity contribution is -0.127. The van der Waals surface area contributed by atoms with Gasteiger partial charge in [-0.1, -0.05) is 38.8 Å². The lowest BCUT2D eigenvalue weighted by atomic mass is 9.83. The van der Waals surface area contributed by atoms with Gasteiger partial charge in [0.15, 0.2) is 0 Å². The number of nitrogens with zero attached hydrogens (tertiary/aromatic N) is 3. The summed E-state index contributed by atoms with van der Waals surface area (Å²) in [6, 6.07) is 6.39. The van der Waals surface area contributed by atoms with E-state index < -0.39 is 23.5 Å². The summed E-state index contributed by atoms with van der Waals surface area (Å²) < 4.78 is 11.8. The topological polar surface area (TPSA) is 136 Å². The van der Waals surface area contributed by atoms with E-state index in [4.69, 9.17) is 9.15 Å². The smallest absolute Gasteiger partial charge is 0.384 e. The van der Waals surface area contributed by atoms with Crippen molar-refractivity contribution in [2.45, 2.75) is 84.0 Å². The first-order valence-corrected chi connectivity index (χ1v) is 15.4. The van der Waals surface area contributed by atoms with Gasteiger partial charge >= 0.3 is 5.76 Å². The summed E-state index contributed by atoms with van der Waals surface area (Å²) in [6.45, 7) is 8.46. The molecule has 2 N–H and O–H groups in total. The van der Waals surface area contributed by atoms with Crippen LogP contribution in [0.4, 0.5) is 0 Å². The van der Waals surface area contributed by atoms with Gasteiger partial charge in [0.2, 0.25) is 11.7 Å². The number of amides is 2. The Morgan fingerprint density at radius 2 is 1.74 bits per heavy atom. The van der Waals surface area contributed by atoms with E-state index in [1.807, 2.05) is 38.1 Å². The second-order valence-corrected chi connectivity index (χ2v) is 12.4. The molecule has 1 aliphatic heterocycles. The first kappa shape index (κ1) is 30.2. The van der Waals surface area contributed by atoms with Crippen LogP contribution in [0, 0.1) is 17.8 Å². The molecule has 3 aliphatic rings. The van der Waals surface area contributed by atoms with Gasteiger partial charge in [0.1, 0.15) is 0 Å². The Hall–Kier alpha value is -3.31. The number of carbonyl (C=O) groups is 3. The van der Waals surface area contributed by atoms with E-state index in [-0.39, 0.29) is 29.7 Å². The number of Topliss-reactive ketones (excluding diaryl/α,β-unsaturated/α-hetero) is 1. The molecule has 2 amide bonds. The van der Waals surface area contributed by atoms with Gasteiger partial charge < -0.3 is 19.8 Å². The van der Waals surface area contributed by atoms with Crippen molar-refractivity contribution in [1.82, 2.24) is 25.3 Å². The predicted molar refractivity (Wildman–Crippen MR) is 155 cm³/mol. The van der Waals surface area contributed by atoms with E-state index >= 15 is 0 Å². The van der Waals surface area contributed by atoms with E-state index in [9.17, 15) is 19.2 Å². The van der Waals surface area contributed by atoms with Crippen LogP contribution in [0.1, 0.15) is 85.4 Å². The van der Waals surface area contributed by atoms with Gasteiger partial charge in [0, 0.05) is 31.2 Å². The molecule has 11 nitrogen and oxygen atoms in total. The molecule has 2 saturated carbocycles. The summed E-state index contributed by atoms with van der Waals surface area (Å²) in [5.41, 5.74) is 1.69.